The molecule has 3 fully saturated rings. The summed E-state index contributed by atoms with van der Waals surface area (Å²) in [7, 11) is 0. The number of hydrogen-bond donors (Lipinski definition) is 0. The Morgan fingerprint density at radius 2 is 1.05 bits per heavy atom. The molecule has 0 N–H and O–H groups in total. The van der Waals surface area contributed by atoms with Crippen molar-refractivity contribution in [2.45, 2.75) is 25.7 Å². The zero-order chi connectivity index (χ0) is 39.1. The fraction of sp³-hybridized carbons (Fsp3) is 0.419. The number of para-hydroxylation sites is 1. The number of carbonyl (C=O) groups excluding carboxylic acids is 5. The van der Waals surface area contributed by atoms with Crippen molar-refractivity contribution in [3.63, 3.8) is 0 Å². The van der Waals surface area contributed by atoms with Gasteiger partial charge in [0.15, 0.2) is 0 Å². The van der Waals surface area contributed by atoms with E-state index in [1.54, 1.807) is 4.90 Å². The molecular weight excluding hydrogens is 718 g/mol. The van der Waals surface area contributed by atoms with E-state index in [-0.39, 0.29) is 70.4 Å². The van der Waals surface area contributed by atoms with Crippen LogP contribution in [0.3, 0.4) is 0 Å². The van der Waals surface area contributed by atoms with Crippen molar-refractivity contribution in [2.75, 3.05) is 70.7 Å². The van der Waals surface area contributed by atoms with Crippen molar-refractivity contribution < 1.29 is 47.8 Å². The van der Waals surface area contributed by atoms with Gasteiger partial charge in [0.05, 0.1) is 51.1 Å². The molecule has 0 unspecified atom stereocenters. The lowest BCUT2D eigenvalue weighted by Gasteiger charge is -2.35. The number of imide groups is 1. The van der Waals surface area contributed by atoms with Gasteiger partial charge in [-0.2, -0.15) is 0 Å². The Morgan fingerprint density at radius 1 is 0.571 bits per heavy atom. The first kappa shape index (κ1) is 40.1. The molecule has 0 aromatic heterocycles. The van der Waals surface area contributed by atoms with Gasteiger partial charge in [0, 0.05) is 31.9 Å². The van der Waals surface area contributed by atoms with Crippen LogP contribution in [-0.4, -0.2) is 106 Å². The maximum atomic E-state index is 12.6. The Morgan fingerprint density at radius 3 is 1.61 bits per heavy atom. The lowest BCUT2D eigenvalue weighted by molar-refractivity contribution is -0.199. The molecule has 2 heterocycles. The quantitative estimate of drug-likeness (QED) is 0.0856. The first-order valence-corrected chi connectivity index (χ1v) is 19.2. The van der Waals surface area contributed by atoms with E-state index in [9.17, 15) is 24.0 Å². The van der Waals surface area contributed by atoms with Gasteiger partial charge in [-0.3, -0.25) is 14.4 Å². The van der Waals surface area contributed by atoms with Crippen LogP contribution in [0.15, 0.2) is 103 Å². The van der Waals surface area contributed by atoms with Crippen molar-refractivity contribution in [3.8, 4) is 0 Å². The number of amides is 3. The highest BCUT2D eigenvalue weighted by molar-refractivity contribution is 6.06. The minimum atomic E-state index is -0.844. The van der Waals surface area contributed by atoms with Gasteiger partial charge < -0.3 is 33.6 Å². The van der Waals surface area contributed by atoms with Crippen LogP contribution in [-0.2, 0) is 49.4 Å². The van der Waals surface area contributed by atoms with Crippen LogP contribution in [0.4, 0.5) is 10.5 Å². The number of hydroxylamine groups is 2. The van der Waals surface area contributed by atoms with Crippen LogP contribution in [0.25, 0.3) is 0 Å². The number of ether oxygens (including phenoxy) is 4. The Bertz CT molecular complexity index is 1720. The Labute approximate surface area is 327 Å². The molecule has 2 saturated heterocycles. The molecule has 2 aliphatic carbocycles. The monoisotopic (exact) mass is 767 g/mol. The summed E-state index contributed by atoms with van der Waals surface area (Å²) in [5, 5.41) is 0.573. The fourth-order valence-corrected chi connectivity index (χ4v) is 7.42. The minimum Gasteiger partial charge on any atom is -0.463 e. The van der Waals surface area contributed by atoms with Crippen LogP contribution in [0.2, 0.25) is 0 Å². The minimum absolute atomic E-state index is 0.00867. The number of fused-ring (bicyclic) bond motifs is 5. The highest BCUT2D eigenvalue weighted by Gasteiger charge is 2.60. The maximum absolute atomic E-state index is 12.6. The van der Waals surface area contributed by atoms with Crippen LogP contribution in [0.1, 0.15) is 30.4 Å². The van der Waals surface area contributed by atoms with Crippen molar-refractivity contribution in [2.24, 2.45) is 23.7 Å². The summed E-state index contributed by atoms with van der Waals surface area (Å²) in [6, 6.07) is 31.1. The standard InChI is InChI=1S/C30H37N3O10.C13H12/c34-24(8-9-25(35)43-33-28(36)26-21-6-7-22(20-21)27(26)29(33)37)41-18-16-39-14-15-40-17-19-42-30(38)32-12-10-31(11-13-32)23-4-2-1-3-5-23;1-3-7-12(8-4-1)11-13-9-5-2-6-10-13/h1-7,21-22,26-27H,8-20H2;1-10H,11H2/t21-,22+,26-,27+;. The number of rotatable bonds is 16. The predicted molar refractivity (Wildman–Crippen MR) is 205 cm³/mol. The van der Waals surface area contributed by atoms with Crippen LogP contribution in [0, 0.1) is 23.7 Å². The van der Waals surface area contributed by atoms with E-state index in [2.05, 4.69) is 77.7 Å². The molecule has 4 atom stereocenters. The number of anilines is 1. The molecule has 4 aliphatic rings. The van der Waals surface area contributed by atoms with Gasteiger partial charge in [0.25, 0.3) is 11.8 Å². The summed E-state index contributed by atoms with van der Waals surface area (Å²) in [4.78, 5) is 70.3. The van der Waals surface area contributed by atoms with Crippen LogP contribution < -0.4 is 4.90 Å². The molecule has 2 bridgehead atoms. The molecule has 3 aromatic rings. The fourth-order valence-electron chi connectivity index (χ4n) is 7.42. The summed E-state index contributed by atoms with van der Waals surface area (Å²) in [6.07, 6.45) is 4.78. The smallest absolute Gasteiger partial charge is 0.409 e. The molecule has 7 rings (SSSR count). The topological polar surface area (TPSA) is 141 Å². The van der Waals surface area contributed by atoms with Crippen LogP contribution in [0.5, 0.6) is 0 Å². The van der Waals surface area contributed by atoms with Gasteiger partial charge in [-0.05, 0) is 47.9 Å². The van der Waals surface area contributed by atoms with Gasteiger partial charge in [-0.25, -0.2) is 9.59 Å². The highest BCUT2D eigenvalue weighted by atomic mass is 16.7. The molecule has 0 spiro atoms. The molecule has 56 heavy (non-hydrogen) atoms. The number of carbonyl (C=O) groups is 5. The zero-order valence-electron chi connectivity index (χ0n) is 31.4. The molecule has 296 valence electrons. The Kier molecular flexibility index (Phi) is 14.6. The van der Waals surface area contributed by atoms with Crippen LogP contribution >= 0.6 is 0 Å². The first-order chi connectivity index (χ1) is 27.4. The van der Waals surface area contributed by atoms with E-state index >= 15 is 0 Å². The predicted octanol–water partition coefficient (Wildman–Crippen LogP) is 4.84. The third-order valence-corrected chi connectivity index (χ3v) is 10.2. The normalized spacial score (nSPS) is 20.7. The lowest BCUT2D eigenvalue weighted by atomic mass is 9.85. The maximum Gasteiger partial charge on any atom is 0.409 e. The van der Waals surface area contributed by atoms with E-state index in [0.717, 1.165) is 31.6 Å². The third kappa shape index (κ3) is 11.0. The third-order valence-electron chi connectivity index (χ3n) is 10.2. The summed E-state index contributed by atoms with van der Waals surface area (Å²) < 4.78 is 21.1. The molecule has 0 radical (unpaired) electrons. The highest BCUT2D eigenvalue weighted by Crippen LogP contribution is 2.52. The van der Waals surface area contributed by atoms with Gasteiger partial charge in [-0.15, -0.1) is 5.06 Å². The van der Waals surface area contributed by atoms with E-state index in [1.807, 2.05) is 30.4 Å². The number of nitrogens with zero attached hydrogens (tertiary/aromatic N) is 3. The summed E-state index contributed by atoms with van der Waals surface area (Å²) in [5.74, 6) is -3.33. The van der Waals surface area contributed by atoms with E-state index in [4.69, 9.17) is 23.8 Å². The number of benzene rings is 3. The van der Waals surface area contributed by atoms with E-state index in [0.29, 0.717) is 18.2 Å². The summed E-state index contributed by atoms with van der Waals surface area (Å²) in [5.41, 5.74) is 3.88. The van der Waals surface area contributed by atoms with Crippen molar-refractivity contribution in [1.29, 1.82) is 0 Å². The zero-order valence-corrected chi connectivity index (χ0v) is 31.4. The van der Waals surface area contributed by atoms with Crippen molar-refractivity contribution >= 4 is 35.5 Å². The van der Waals surface area contributed by atoms with Crippen molar-refractivity contribution in [1.82, 2.24) is 9.96 Å². The largest absolute Gasteiger partial charge is 0.463 e. The SMILES string of the molecule is O=C(CCC(=O)ON1C(=O)[C@@H]2[C@H](C1=O)[C@@H]1C=C[C@H]2C1)OCCOCCOCCOC(=O)N1CCN(c2ccccc2)CC1.c1ccc(Cc2ccccc2)cc1. The first-order valence-electron chi connectivity index (χ1n) is 19.2. The average Bonchev–Trinajstić information content (AvgIpc) is 3.93. The number of esters is 1. The Balaban J connectivity index is 0.000000343. The second kappa shape index (κ2) is 20.4. The number of allylic oxidation sites excluding steroid dienone is 2. The molecule has 2 aliphatic heterocycles. The molecule has 3 aromatic carbocycles. The summed E-state index contributed by atoms with van der Waals surface area (Å²) >= 11 is 0. The second-order valence-corrected chi connectivity index (χ2v) is 14.0. The number of hydrogen-bond acceptors (Lipinski definition) is 11. The average molecular weight is 768 g/mol. The molecule has 3 amide bonds. The van der Waals surface area contributed by atoms with Crippen molar-refractivity contribution in [3.05, 3.63) is 114 Å². The molecular formula is C43H49N3O10. The van der Waals surface area contributed by atoms with Gasteiger partial charge >= 0.3 is 18.0 Å². The van der Waals surface area contributed by atoms with Gasteiger partial charge in [0.2, 0.25) is 0 Å². The van der Waals surface area contributed by atoms with E-state index < -0.39 is 35.6 Å². The Hall–Kier alpha value is -5.53. The van der Waals surface area contributed by atoms with Gasteiger partial charge in [0.1, 0.15) is 13.2 Å². The summed E-state index contributed by atoms with van der Waals surface area (Å²) in [6.45, 7) is 3.72. The molecule has 1 saturated carbocycles. The number of piperazine rings is 1. The second-order valence-electron chi connectivity index (χ2n) is 14.0. The molecule has 13 nitrogen and oxygen atoms in total. The molecule has 13 heteroatoms. The van der Waals surface area contributed by atoms with E-state index in [1.165, 1.54) is 11.1 Å². The lowest BCUT2D eigenvalue weighted by Crippen LogP contribution is -2.49. The van der Waals surface area contributed by atoms with Gasteiger partial charge in [-0.1, -0.05) is 91.0 Å².